The lowest BCUT2D eigenvalue weighted by Crippen LogP contribution is -2.45. The number of amides is 1. The van der Waals surface area contributed by atoms with Crippen LogP contribution in [0.4, 0.5) is 0 Å². The van der Waals surface area contributed by atoms with Gasteiger partial charge in [0.15, 0.2) is 9.84 Å². The number of sulfone groups is 1. The number of nitrogens with one attached hydrogen (secondary N) is 1. The van der Waals surface area contributed by atoms with E-state index >= 15 is 0 Å². The molecule has 0 saturated carbocycles. The molecule has 0 unspecified atom stereocenters. The highest BCUT2D eigenvalue weighted by Crippen LogP contribution is 2.26. The number of hydrogen-bond donors (Lipinski definition) is 2. The average Bonchev–Trinajstić information content (AvgIpc) is 2.36. The molecule has 3 N–H and O–H groups in total. The fraction of sp³-hybridized carbons (Fsp3) is 0.417. The van der Waals surface area contributed by atoms with Gasteiger partial charge in [-0.1, -0.05) is 15.9 Å². The van der Waals surface area contributed by atoms with Crippen LogP contribution in [0.25, 0.3) is 0 Å². The van der Waals surface area contributed by atoms with Crippen LogP contribution in [0.2, 0.25) is 0 Å². The minimum atomic E-state index is -3.54. The Labute approximate surface area is 133 Å². The second-order valence-electron chi connectivity index (χ2n) is 4.70. The molecule has 5 nitrogen and oxygen atoms in total. The van der Waals surface area contributed by atoms with Gasteiger partial charge >= 0.3 is 0 Å². The van der Waals surface area contributed by atoms with Crippen molar-refractivity contribution in [2.45, 2.75) is 23.5 Å². The van der Waals surface area contributed by atoms with Crippen molar-refractivity contribution >= 4 is 44.1 Å². The Morgan fingerprint density at radius 3 is 2.25 bits per heavy atom. The first kappa shape index (κ1) is 19.4. The summed E-state index contributed by atoms with van der Waals surface area (Å²) in [5, 5.41) is 2.51. The van der Waals surface area contributed by atoms with E-state index in [-0.39, 0.29) is 36.3 Å². The van der Waals surface area contributed by atoms with Crippen LogP contribution in [-0.2, 0) is 14.6 Å². The summed E-state index contributed by atoms with van der Waals surface area (Å²) in [7, 11) is -3.54. The van der Waals surface area contributed by atoms with E-state index in [1.54, 1.807) is 26.0 Å². The third-order valence-corrected chi connectivity index (χ3v) is 5.77. The third kappa shape index (κ3) is 4.44. The van der Waals surface area contributed by atoms with E-state index in [4.69, 9.17) is 5.73 Å². The number of carbonyl (C=O) groups excluding carboxylic acids is 1. The van der Waals surface area contributed by atoms with Crippen molar-refractivity contribution in [2.24, 2.45) is 5.73 Å². The molecule has 1 aromatic rings. The number of rotatable bonds is 5. The van der Waals surface area contributed by atoms with Gasteiger partial charge in [-0.2, -0.15) is 0 Å². The van der Waals surface area contributed by atoms with Crippen LogP contribution >= 0.6 is 28.3 Å². The van der Waals surface area contributed by atoms with Crippen molar-refractivity contribution in [2.75, 3.05) is 13.1 Å². The highest BCUT2D eigenvalue weighted by Gasteiger charge is 2.35. The predicted octanol–water partition coefficient (Wildman–Crippen LogP) is 1.50. The Bertz CT molecular complexity index is 559. The number of halogens is 2. The molecule has 0 fully saturated rings. The fourth-order valence-electron chi connectivity index (χ4n) is 1.41. The maximum Gasteiger partial charge on any atom is 0.233 e. The number of hydrogen-bond acceptors (Lipinski definition) is 4. The zero-order valence-corrected chi connectivity index (χ0v) is 14.4. The SMILES string of the molecule is CC(C)(CNC(=O)CN)S(=O)(=O)c1ccc(Br)cc1.Cl. The summed E-state index contributed by atoms with van der Waals surface area (Å²) in [6.07, 6.45) is 0. The molecule has 1 aromatic carbocycles. The standard InChI is InChI=1S/C12H17BrN2O3S.ClH/c1-12(2,8-15-11(16)7-14)19(17,18)10-5-3-9(13)4-6-10;/h3-6H,7-8,14H2,1-2H3,(H,15,16);1H. The van der Waals surface area contributed by atoms with Gasteiger partial charge in [-0.3, -0.25) is 4.79 Å². The molecule has 0 aliphatic carbocycles. The predicted molar refractivity (Wildman–Crippen MR) is 84.7 cm³/mol. The normalized spacial score (nSPS) is 11.6. The molecule has 8 heteroatoms. The van der Waals surface area contributed by atoms with Crippen LogP contribution < -0.4 is 11.1 Å². The molecule has 1 rings (SSSR count). The number of benzene rings is 1. The summed E-state index contributed by atoms with van der Waals surface area (Å²) in [5.41, 5.74) is 5.17. The molecule has 0 aliphatic heterocycles. The Morgan fingerprint density at radius 1 is 1.30 bits per heavy atom. The number of carbonyl (C=O) groups is 1. The quantitative estimate of drug-likeness (QED) is 0.804. The minimum absolute atomic E-state index is 0. The molecule has 0 bridgehead atoms. The lowest BCUT2D eigenvalue weighted by molar-refractivity contribution is -0.119. The van der Waals surface area contributed by atoms with Crippen LogP contribution in [0.1, 0.15) is 13.8 Å². The van der Waals surface area contributed by atoms with E-state index in [0.717, 1.165) is 4.47 Å². The Morgan fingerprint density at radius 2 is 1.80 bits per heavy atom. The van der Waals surface area contributed by atoms with E-state index in [0.29, 0.717) is 0 Å². The smallest absolute Gasteiger partial charge is 0.233 e. The van der Waals surface area contributed by atoms with Gasteiger partial charge in [0.2, 0.25) is 5.91 Å². The first-order chi connectivity index (χ1) is 8.70. The average molecular weight is 386 g/mol. The largest absolute Gasteiger partial charge is 0.353 e. The first-order valence-corrected chi connectivity index (χ1v) is 7.95. The molecule has 0 saturated heterocycles. The van der Waals surface area contributed by atoms with E-state index in [9.17, 15) is 13.2 Å². The lowest BCUT2D eigenvalue weighted by atomic mass is 10.2. The van der Waals surface area contributed by atoms with Crippen LogP contribution in [0.3, 0.4) is 0 Å². The molecule has 0 atom stereocenters. The molecule has 1 amide bonds. The lowest BCUT2D eigenvalue weighted by Gasteiger charge is -2.25. The first-order valence-electron chi connectivity index (χ1n) is 5.67. The van der Waals surface area contributed by atoms with Gasteiger partial charge in [0.1, 0.15) is 0 Å². The van der Waals surface area contributed by atoms with Gasteiger partial charge in [-0.25, -0.2) is 8.42 Å². The van der Waals surface area contributed by atoms with Crippen molar-refractivity contribution in [3.63, 3.8) is 0 Å². The van der Waals surface area contributed by atoms with Crippen LogP contribution in [0.15, 0.2) is 33.6 Å². The summed E-state index contributed by atoms with van der Waals surface area (Å²) in [6, 6.07) is 6.40. The van der Waals surface area contributed by atoms with Gasteiger partial charge < -0.3 is 11.1 Å². The summed E-state index contributed by atoms with van der Waals surface area (Å²) in [6.45, 7) is 3.00. The molecule has 0 heterocycles. The molecular weight excluding hydrogens is 368 g/mol. The maximum absolute atomic E-state index is 12.5. The third-order valence-electron chi connectivity index (χ3n) is 2.75. The molecular formula is C12H18BrClN2O3S. The van der Waals surface area contributed by atoms with Crippen LogP contribution in [0, 0.1) is 0 Å². The van der Waals surface area contributed by atoms with Crippen molar-refractivity contribution in [3.8, 4) is 0 Å². The summed E-state index contributed by atoms with van der Waals surface area (Å²) in [4.78, 5) is 11.4. The second-order valence-corrected chi connectivity index (χ2v) is 8.20. The van der Waals surface area contributed by atoms with Gasteiger partial charge in [-0.05, 0) is 38.1 Å². The van der Waals surface area contributed by atoms with E-state index in [2.05, 4.69) is 21.2 Å². The van der Waals surface area contributed by atoms with Gasteiger partial charge in [0, 0.05) is 11.0 Å². The van der Waals surface area contributed by atoms with Crippen LogP contribution in [-0.4, -0.2) is 32.2 Å². The van der Waals surface area contributed by atoms with Gasteiger partial charge in [-0.15, -0.1) is 12.4 Å². The second kappa shape index (κ2) is 7.40. The molecule has 0 aromatic heterocycles. The Kier molecular flexibility index (Phi) is 7.17. The fourth-order valence-corrected chi connectivity index (χ4v) is 3.07. The van der Waals surface area contributed by atoms with E-state index in [1.807, 2.05) is 0 Å². The minimum Gasteiger partial charge on any atom is -0.353 e. The van der Waals surface area contributed by atoms with Crippen molar-refractivity contribution in [3.05, 3.63) is 28.7 Å². The Hall–Kier alpha value is -0.630. The summed E-state index contributed by atoms with van der Waals surface area (Å²) >= 11 is 3.26. The zero-order chi connectivity index (χ0) is 14.7. The highest BCUT2D eigenvalue weighted by molar-refractivity contribution is 9.10. The molecule has 0 radical (unpaired) electrons. The molecule has 20 heavy (non-hydrogen) atoms. The van der Waals surface area contributed by atoms with Crippen molar-refractivity contribution in [1.29, 1.82) is 0 Å². The Balaban J connectivity index is 0.00000361. The van der Waals surface area contributed by atoms with Crippen LogP contribution in [0.5, 0.6) is 0 Å². The van der Waals surface area contributed by atoms with Crippen molar-refractivity contribution < 1.29 is 13.2 Å². The maximum atomic E-state index is 12.5. The number of nitrogens with two attached hydrogens (primary N) is 1. The van der Waals surface area contributed by atoms with Gasteiger partial charge in [0.25, 0.3) is 0 Å². The topological polar surface area (TPSA) is 89.3 Å². The van der Waals surface area contributed by atoms with Gasteiger partial charge in [0.05, 0.1) is 16.2 Å². The monoisotopic (exact) mass is 384 g/mol. The van der Waals surface area contributed by atoms with E-state index in [1.165, 1.54) is 12.1 Å². The zero-order valence-electron chi connectivity index (χ0n) is 11.2. The summed E-state index contributed by atoms with van der Waals surface area (Å²) < 4.78 is 24.6. The molecule has 0 aliphatic rings. The highest BCUT2D eigenvalue weighted by atomic mass is 79.9. The summed E-state index contributed by atoms with van der Waals surface area (Å²) in [5.74, 6) is -0.376. The van der Waals surface area contributed by atoms with E-state index < -0.39 is 14.6 Å². The molecule has 114 valence electrons. The van der Waals surface area contributed by atoms with Crippen molar-refractivity contribution in [1.82, 2.24) is 5.32 Å². The molecule has 0 spiro atoms.